The van der Waals surface area contributed by atoms with Crippen molar-refractivity contribution in [3.05, 3.63) is 71.8 Å². The third kappa shape index (κ3) is 4.71. The van der Waals surface area contributed by atoms with E-state index in [2.05, 4.69) is 12.1 Å². The van der Waals surface area contributed by atoms with Gasteiger partial charge in [0, 0.05) is 25.2 Å². The summed E-state index contributed by atoms with van der Waals surface area (Å²) in [6, 6.07) is 20.4. The van der Waals surface area contributed by atoms with Gasteiger partial charge in [-0.1, -0.05) is 60.7 Å². The third-order valence-corrected chi connectivity index (χ3v) is 5.49. The molecule has 2 aliphatic heterocycles. The zero-order valence-electron chi connectivity index (χ0n) is 17.1. The molecule has 4 rings (SSSR count). The molecule has 0 N–H and O–H groups in total. The Morgan fingerprint density at radius 2 is 1.48 bits per heavy atom. The van der Waals surface area contributed by atoms with Crippen LogP contribution in [0.15, 0.2) is 60.7 Å². The van der Waals surface area contributed by atoms with Crippen molar-refractivity contribution < 1.29 is 23.7 Å². The van der Waals surface area contributed by atoms with E-state index in [1.54, 1.807) is 0 Å². The van der Waals surface area contributed by atoms with E-state index in [0.29, 0.717) is 19.8 Å². The summed E-state index contributed by atoms with van der Waals surface area (Å²) in [7, 11) is 0. The smallest absolute Gasteiger partial charge is 0.184 e. The lowest BCUT2D eigenvalue weighted by Gasteiger charge is -2.49. The predicted octanol–water partition coefficient (Wildman–Crippen LogP) is 3.92. The monoisotopic (exact) mass is 398 g/mol. The Kier molecular flexibility index (Phi) is 6.95. The molecule has 2 saturated heterocycles. The van der Waals surface area contributed by atoms with Gasteiger partial charge in [0.2, 0.25) is 0 Å². The zero-order chi connectivity index (χ0) is 20.1. The minimum atomic E-state index is -0.419. The van der Waals surface area contributed by atoms with Gasteiger partial charge in [-0.3, -0.25) is 0 Å². The van der Waals surface area contributed by atoms with E-state index in [1.807, 2.05) is 62.4 Å². The molecule has 2 aromatic rings. The Bertz CT molecular complexity index is 735. The predicted molar refractivity (Wildman–Crippen MR) is 110 cm³/mol. The highest BCUT2D eigenvalue weighted by atomic mass is 16.7. The highest BCUT2D eigenvalue weighted by molar-refractivity contribution is 5.18. The fourth-order valence-corrected chi connectivity index (χ4v) is 4.23. The minimum absolute atomic E-state index is 0.115. The fraction of sp³-hybridized carbons (Fsp3) is 0.500. The van der Waals surface area contributed by atoms with E-state index >= 15 is 0 Å². The topological polar surface area (TPSA) is 46.2 Å². The first-order valence-electron chi connectivity index (χ1n) is 10.5. The van der Waals surface area contributed by atoms with Crippen molar-refractivity contribution in [1.82, 2.24) is 0 Å². The summed E-state index contributed by atoms with van der Waals surface area (Å²) in [6.45, 7) is 5.67. The maximum Gasteiger partial charge on any atom is 0.184 e. The van der Waals surface area contributed by atoms with Gasteiger partial charge in [0.05, 0.1) is 12.7 Å². The highest BCUT2D eigenvalue weighted by Crippen LogP contribution is 2.37. The van der Waals surface area contributed by atoms with E-state index < -0.39 is 6.29 Å². The van der Waals surface area contributed by atoms with Gasteiger partial charge in [-0.2, -0.15) is 0 Å². The number of rotatable bonds is 7. The summed E-state index contributed by atoms with van der Waals surface area (Å²) >= 11 is 0. The van der Waals surface area contributed by atoms with Crippen LogP contribution in [0.2, 0.25) is 0 Å². The molecule has 0 bridgehead atoms. The number of ether oxygens (including phenoxy) is 5. The third-order valence-electron chi connectivity index (χ3n) is 5.49. The van der Waals surface area contributed by atoms with Gasteiger partial charge < -0.3 is 23.7 Å². The normalized spacial score (nSPS) is 31.9. The van der Waals surface area contributed by atoms with E-state index in [9.17, 15) is 0 Å². The van der Waals surface area contributed by atoms with Crippen molar-refractivity contribution in [3.8, 4) is 0 Å². The quantitative estimate of drug-likeness (QED) is 0.707. The average molecular weight is 398 g/mol. The van der Waals surface area contributed by atoms with E-state index in [1.165, 1.54) is 5.56 Å². The second kappa shape index (κ2) is 9.83. The van der Waals surface area contributed by atoms with Crippen LogP contribution in [-0.4, -0.2) is 50.3 Å². The van der Waals surface area contributed by atoms with Crippen LogP contribution in [0.3, 0.4) is 0 Å². The SMILES string of the molecule is CCO[C@@H]1[C@@H](OCC)[C@H](Cc2ccccc2)O[C@@H]2COC(c3ccccc3)O[C@@H]12. The standard InChI is InChI=1S/C24H30O5/c1-3-25-21-19(15-17-11-7-5-8-12-17)28-20-16-27-24(18-13-9-6-10-14-18)29-22(20)23(21)26-4-2/h5-14,19-24H,3-4,15-16H2,1-2H3/t19-,20+,21-,22+,23+,24?/m0/s1. The molecule has 0 aliphatic carbocycles. The second-order valence-electron chi connectivity index (χ2n) is 7.42. The first kappa shape index (κ1) is 20.5. The van der Waals surface area contributed by atoms with E-state index in [4.69, 9.17) is 23.7 Å². The molecule has 1 unspecified atom stereocenters. The molecule has 2 heterocycles. The van der Waals surface area contributed by atoms with E-state index in [0.717, 1.165) is 12.0 Å². The molecule has 0 amide bonds. The Labute approximate surface area is 172 Å². The molecule has 2 fully saturated rings. The van der Waals surface area contributed by atoms with Gasteiger partial charge in [0.25, 0.3) is 0 Å². The lowest BCUT2D eigenvalue weighted by molar-refractivity contribution is -0.336. The van der Waals surface area contributed by atoms with Crippen LogP contribution in [0.25, 0.3) is 0 Å². The number of fused-ring (bicyclic) bond motifs is 1. The van der Waals surface area contributed by atoms with Crippen molar-refractivity contribution in [2.45, 2.75) is 57.1 Å². The summed E-state index contributed by atoms with van der Waals surface area (Å²) < 4.78 is 31.2. The first-order valence-corrected chi connectivity index (χ1v) is 10.5. The number of hydrogen-bond donors (Lipinski definition) is 0. The molecule has 0 spiro atoms. The molecule has 29 heavy (non-hydrogen) atoms. The lowest BCUT2D eigenvalue weighted by atomic mass is 9.90. The van der Waals surface area contributed by atoms with Gasteiger partial charge in [-0.05, 0) is 19.4 Å². The molecule has 6 atom stereocenters. The van der Waals surface area contributed by atoms with Crippen LogP contribution in [0.5, 0.6) is 0 Å². The largest absolute Gasteiger partial charge is 0.373 e. The average Bonchev–Trinajstić information content (AvgIpc) is 2.77. The molecule has 0 radical (unpaired) electrons. The number of hydrogen-bond acceptors (Lipinski definition) is 5. The summed E-state index contributed by atoms with van der Waals surface area (Å²) in [6.07, 6.45) is -0.596. The summed E-state index contributed by atoms with van der Waals surface area (Å²) in [4.78, 5) is 0. The Morgan fingerprint density at radius 3 is 2.17 bits per heavy atom. The molecule has 2 aliphatic rings. The summed E-state index contributed by atoms with van der Waals surface area (Å²) in [5.74, 6) is 0. The fourth-order valence-electron chi connectivity index (χ4n) is 4.23. The first-order chi connectivity index (χ1) is 14.3. The van der Waals surface area contributed by atoms with Crippen molar-refractivity contribution in [2.24, 2.45) is 0 Å². The Morgan fingerprint density at radius 1 is 0.828 bits per heavy atom. The van der Waals surface area contributed by atoms with E-state index in [-0.39, 0.29) is 30.5 Å². The van der Waals surface area contributed by atoms with Crippen molar-refractivity contribution in [3.63, 3.8) is 0 Å². The molecule has 2 aromatic carbocycles. The maximum absolute atomic E-state index is 6.47. The van der Waals surface area contributed by atoms with Gasteiger partial charge in [0.15, 0.2) is 6.29 Å². The maximum atomic E-state index is 6.47. The minimum Gasteiger partial charge on any atom is -0.373 e. The van der Waals surface area contributed by atoms with Gasteiger partial charge >= 0.3 is 0 Å². The van der Waals surface area contributed by atoms with Crippen LogP contribution in [-0.2, 0) is 30.1 Å². The van der Waals surface area contributed by atoms with Gasteiger partial charge in [0.1, 0.15) is 24.4 Å². The van der Waals surface area contributed by atoms with Crippen LogP contribution in [0, 0.1) is 0 Å². The second-order valence-corrected chi connectivity index (χ2v) is 7.42. The summed E-state index contributed by atoms with van der Waals surface area (Å²) in [5.41, 5.74) is 2.22. The van der Waals surface area contributed by atoms with Crippen LogP contribution in [0.1, 0.15) is 31.3 Å². The lowest BCUT2D eigenvalue weighted by Crippen LogP contribution is -2.63. The summed E-state index contributed by atoms with van der Waals surface area (Å²) in [5, 5.41) is 0. The van der Waals surface area contributed by atoms with Gasteiger partial charge in [-0.25, -0.2) is 0 Å². The molecule has 0 saturated carbocycles. The molecule has 5 heteroatoms. The van der Waals surface area contributed by atoms with Gasteiger partial charge in [-0.15, -0.1) is 0 Å². The van der Waals surface area contributed by atoms with Crippen molar-refractivity contribution >= 4 is 0 Å². The molecule has 156 valence electrons. The van der Waals surface area contributed by atoms with Crippen LogP contribution >= 0.6 is 0 Å². The zero-order valence-corrected chi connectivity index (χ0v) is 17.1. The number of benzene rings is 2. The van der Waals surface area contributed by atoms with Crippen molar-refractivity contribution in [2.75, 3.05) is 19.8 Å². The molecular weight excluding hydrogens is 368 g/mol. The van der Waals surface area contributed by atoms with Crippen LogP contribution in [0.4, 0.5) is 0 Å². The Balaban J connectivity index is 1.56. The van der Waals surface area contributed by atoms with Crippen LogP contribution < -0.4 is 0 Å². The Hall–Kier alpha value is -1.76. The molecule has 0 aromatic heterocycles. The molecule has 5 nitrogen and oxygen atoms in total. The highest BCUT2D eigenvalue weighted by Gasteiger charge is 2.50. The van der Waals surface area contributed by atoms with Crippen molar-refractivity contribution in [1.29, 1.82) is 0 Å². The molecular formula is C24H30O5.